The molecule has 0 N–H and O–H groups in total. The van der Waals surface area contributed by atoms with Crippen molar-refractivity contribution >= 4 is 15.7 Å². The van der Waals surface area contributed by atoms with E-state index in [-0.39, 0.29) is 6.04 Å². The number of nitrogens with zero attached hydrogens (tertiary/aromatic N) is 3. The van der Waals surface area contributed by atoms with Gasteiger partial charge in [-0.1, -0.05) is 37.3 Å². The van der Waals surface area contributed by atoms with E-state index in [9.17, 15) is 8.42 Å². The Labute approximate surface area is 154 Å². The highest BCUT2D eigenvalue weighted by atomic mass is 32.2. The monoisotopic (exact) mass is 367 g/mol. The van der Waals surface area contributed by atoms with Crippen LogP contribution < -0.4 is 4.31 Å². The lowest BCUT2D eigenvalue weighted by Gasteiger charge is -2.35. The number of fused-ring (bicyclic) bond motifs is 1. The van der Waals surface area contributed by atoms with Gasteiger partial charge in [0.05, 0.1) is 29.5 Å². The molecule has 3 aromatic rings. The van der Waals surface area contributed by atoms with Gasteiger partial charge >= 0.3 is 0 Å². The van der Waals surface area contributed by atoms with Crippen LogP contribution in [0.5, 0.6) is 0 Å². The number of rotatable bonds is 4. The number of sulfonamides is 1. The van der Waals surface area contributed by atoms with Crippen LogP contribution in [0.25, 0.3) is 0 Å². The highest BCUT2D eigenvalue weighted by Crippen LogP contribution is 2.35. The van der Waals surface area contributed by atoms with Gasteiger partial charge in [0.2, 0.25) is 0 Å². The summed E-state index contributed by atoms with van der Waals surface area (Å²) in [5.74, 6) is 0. The third kappa shape index (κ3) is 2.90. The van der Waals surface area contributed by atoms with E-state index in [1.54, 1.807) is 24.7 Å². The molecule has 4 rings (SSSR count). The van der Waals surface area contributed by atoms with Gasteiger partial charge in [-0.25, -0.2) is 13.4 Å². The van der Waals surface area contributed by atoms with E-state index in [2.05, 4.69) is 11.9 Å². The number of aryl methyl sites for hydroxylation is 1. The predicted molar refractivity (Wildman–Crippen MR) is 102 cm³/mol. The second kappa shape index (κ2) is 6.61. The fraction of sp³-hybridized carbons (Fsp3) is 0.250. The van der Waals surface area contributed by atoms with Crippen LogP contribution in [-0.4, -0.2) is 24.5 Å². The Morgan fingerprint density at radius 2 is 1.88 bits per heavy atom. The lowest BCUT2D eigenvalue weighted by Crippen LogP contribution is -2.40. The van der Waals surface area contributed by atoms with Crippen molar-refractivity contribution < 1.29 is 8.42 Å². The molecule has 0 bridgehead atoms. The van der Waals surface area contributed by atoms with Crippen molar-refractivity contribution in [3.63, 3.8) is 0 Å². The molecule has 2 aromatic carbocycles. The summed E-state index contributed by atoms with van der Waals surface area (Å²) < 4.78 is 30.3. The van der Waals surface area contributed by atoms with E-state index in [4.69, 9.17) is 0 Å². The second-order valence-electron chi connectivity index (χ2n) is 6.53. The SMILES string of the molecule is CCc1ccc(S(=O)(=O)N2C[C@@H](n3ccnc3)Cc3ccccc32)cc1. The van der Waals surface area contributed by atoms with Crippen LogP contribution in [-0.2, 0) is 22.9 Å². The largest absolute Gasteiger partial charge is 0.332 e. The average molecular weight is 367 g/mol. The molecule has 1 aliphatic rings. The van der Waals surface area contributed by atoms with Crippen molar-refractivity contribution in [2.24, 2.45) is 0 Å². The van der Waals surface area contributed by atoms with Gasteiger partial charge in [0, 0.05) is 12.4 Å². The van der Waals surface area contributed by atoms with Crippen molar-refractivity contribution in [3.05, 3.63) is 78.4 Å². The van der Waals surface area contributed by atoms with Crippen molar-refractivity contribution in [1.82, 2.24) is 9.55 Å². The number of imidazole rings is 1. The Morgan fingerprint density at radius 1 is 1.12 bits per heavy atom. The third-order valence-corrected chi connectivity index (χ3v) is 6.75. The minimum atomic E-state index is -3.62. The fourth-order valence-electron chi connectivity index (χ4n) is 3.47. The molecule has 0 spiro atoms. The maximum Gasteiger partial charge on any atom is 0.264 e. The zero-order valence-electron chi connectivity index (χ0n) is 14.6. The third-order valence-electron chi connectivity index (χ3n) is 4.96. The molecule has 5 nitrogen and oxygen atoms in total. The minimum Gasteiger partial charge on any atom is -0.332 e. The summed E-state index contributed by atoms with van der Waals surface area (Å²) in [6.07, 6.45) is 7.03. The summed E-state index contributed by atoms with van der Waals surface area (Å²) in [5.41, 5.74) is 2.92. The van der Waals surface area contributed by atoms with Gasteiger partial charge in [0.1, 0.15) is 0 Å². The molecule has 0 saturated heterocycles. The molecule has 1 atom stereocenters. The van der Waals surface area contributed by atoms with Crippen molar-refractivity contribution in [3.8, 4) is 0 Å². The first kappa shape index (κ1) is 16.8. The van der Waals surface area contributed by atoms with Crippen LogP contribution in [0.3, 0.4) is 0 Å². The molecule has 0 saturated carbocycles. The van der Waals surface area contributed by atoms with Crippen LogP contribution in [0.15, 0.2) is 72.1 Å². The first-order chi connectivity index (χ1) is 12.6. The molecule has 1 aliphatic heterocycles. The van der Waals surface area contributed by atoms with Crippen LogP contribution in [0.1, 0.15) is 24.1 Å². The van der Waals surface area contributed by atoms with E-state index in [0.29, 0.717) is 11.4 Å². The van der Waals surface area contributed by atoms with Gasteiger partial charge in [0.25, 0.3) is 10.0 Å². The molecule has 0 radical (unpaired) electrons. The first-order valence-electron chi connectivity index (χ1n) is 8.76. The predicted octanol–water partition coefficient (Wildman–Crippen LogP) is 3.44. The number of anilines is 1. The number of benzene rings is 2. The van der Waals surface area contributed by atoms with Gasteiger partial charge in [-0.2, -0.15) is 0 Å². The number of hydrogen-bond donors (Lipinski definition) is 0. The molecule has 2 heterocycles. The van der Waals surface area contributed by atoms with Crippen LogP contribution in [0, 0.1) is 0 Å². The van der Waals surface area contributed by atoms with Crippen molar-refractivity contribution in [2.45, 2.75) is 30.7 Å². The number of para-hydroxylation sites is 1. The zero-order chi connectivity index (χ0) is 18.1. The summed E-state index contributed by atoms with van der Waals surface area (Å²) in [6, 6.07) is 14.9. The quantitative estimate of drug-likeness (QED) is 0.710. The highest BCUT2D eigenvalue weighted by Gasteiger charge is 2.33. The molecule has 134 valence electrons. The van der Waals surface area contributed by atoms with E-state index in [1.807, 2.05) is 47.2 Å². The molecule has 0 unspecified atom stereocenters. The maximum atomic E-state index is 13.4. The zero-order valence-corrected chi connectivity index (χ0v) is 15.4. The highest BCUT2D eigenvalue weighted by molar-refractivity contribution is 7.92. The Hall–Kier alpha value is -2.60. The van der Waals surface area contributed by atoms with Crippen molar-refractivity contribution in [2.75, 3.05) is 10.8 Å². The minimum absolute atomic E-state index is 0.0251. The molecule has 0 fully saturated rings. The van der Waals surface area contributed by atoms with Gasteiger partial charge in [-0.05, 0) is 42.2 Å². The Kier molecular flexibility index (Phi) is 4.28. The molecule has 0 amide bonds. The van der Waals surface area contributed by atoms with E-state index < -0.39 is 10.0 Å². The Morgan fingerprint density at radius 3 is 2.58 bits per heavy atom. The lowest BCUT2D eigenvalue weighted by atomic mass is 10.00. The fourth-order valence-corrected chi connectivity index (χ4v) is 5.01. The van der Waals surface area contributed by atoms with E-state index in [0.717, 1.165) is 29.7 Å². The number of hydrogen-bond acceptors (Lipinski definition) is 3. The molecular formula is C20H21N3O2S. The second-order valence-corrected chi connectivity index (χ2v) is 8.39. The number of aromatic nitrogens is 2. The van der Waals surface area contributed by atoms with Gasteiger partial charge in [-0.3, -0.25) is 4.31 Å². The van der Waals surface area contributed by atoms with E-state index in [1.165, 1.54) is 4.31 Å². The van der Waals surface area contributed by atoms with Crippen molar-refractivity contribution in [1.29, 1.82) is 0 Å². The lowest BCUT2D eigenvalue weighted by molar-refractivity contribution is 0.487. The van der Waals surface area contributed by atoms with Crippen LogP contribution in [0.4, 0.5) is 5.69 Å². The maximum absolute atomic E-state index is 13.4. The molecular weight excluding hydrogens is 346 g/mol. The molecule has 0 aliphatic carbocycles. The van der Waals surface area contributed by atoms with Gasteiger partial charge in [0.15, 0.2) is 0 Å². The average Bonchev–Trinajstić information content (AvgIpc) is 3.22. The summed E-state index contributed by atoms with van der Waals surface area (Å²) in [4.78, 5) is 4.44. The van der Waals surface area contributed by atoms with E-state index >= 15 is 0 Å². The summed E-state index contributed by atoms with van der Waals surface area (Å²) in [6.45, 7) is 2.45. The molecule has 1 aromatic heterocycles. The smallest absolute Gasteiger partial charge is 0.264 e. The normalized spacial score (nSPS) is 17.1. The summed E-state index contributed by atoms with van der Waals surface area (Å²) in [7, 11) is -3.62. The Balaban J connectivity index is 1.77. The Bertz CT molecular complexity index is 996. The van der Waals surface area contributed by atoms with Crippen LogP contribution >= 0.6 is 0 Å². The van der Waals surface area contributed by atoms with Gasteiger partial charge < -0.3 is 4.57 Å². The van der Waals surface area contributed by atoms with Crippen LogP contribution in [0.2, 0.25) is 0 Å². The van der Waals surface area contributed by atoms with Gasteiger partial charge in [-0.15, -0.1) is 0 Å². The first-order valence-corrected chi connectivity index (χ1v) is 10.2. The topological polar surface area (TPSA) is 55.2 Å². The summed E-state index contributed by atoms with van der Waals surface area (Å²) >= 11 is 0. The molecule has 26 heavy (non-hydrogen) atoms. The molecule has 6 heteroatoms. The standard InChI is InChI=1S/C20H21N3O2S/c1-2-16-7-9-19(10-8-16)26(24,25)23-14-18(22-12-11-21-15-22)13-17-5-3-4-6-20(17)23/h3-12,15,18H,2,13-14H2,1H3/t18-/m0/s1. The summed E-state index contributed by atoms with van der Waals surface area (Å²) in [5, 5.41) is 0.